The van der Waals surface area contributed by atoms with E-state index >= 15 is 0 Å². The van der Waals surface area contributed by atoms with E-state index in [-0.39, 0.29) is 4.90 Å². The van der Waals surface area contributed by atoms with Crippen molar-refractivity contribution in [3.8, 4) is 11.4 Å². The summed E-state index contributed by atoms with van der Waals surface area (Å²) >= 11 is 0. The molecule has 0 aliphatic carbocycles. The largest absolute Gasteiger partial charge is 0.494 e. The Morgan fingerprint density at radius 2 is 1.61 bits per heavy atom. The van der Waals surface area contributed by atoms with Crippen molar-refractivity contribution >= 4 is 27.8 Å². The molecule has 38 heavy (non-hydrogen) atoms. The van der Waals surface area contributed by atoms with Gasteiger partial charge in [0.05, 0.1) is 23.4 Å². The molecule has 3 aromatic carbocycles. The molecule has 0 radical (unpaired) electrons. The van der Waals surface area contributed by atoms with Gasteiger partial charge < -0.3 is 9.30 Å². The number of carbonyl (C=O) groups is 1. The third-order valence-corrected chi connectivity index (χ3v) is 7.72. The number of anilines is 1. The molecule has 0 fully saturated rings. The maximum absolute atomic E-state index is 13.5. The monoisotopic (exact) mass is 530 g/mol. The highest BCUT2D eigenvalue weighted by Gasteiger charge is 2.27. The van der Waals surface area contributed by atoms with Gasteiger partial charge in [-0.05, 0) is 75.4 Å². The number of aryl methyl sites for hydroxylation is 1. The Kier molecular flexibility index (Phi) is 8.28. The minimum Gasteiger partial charge on any atom is -0.494 e. The Bertz CT molecular complexity index is 1510. The SMILES string of the molecule is CCOc1ccc(N(CC(=O)N/N=C\c2cc(C)n(-c3ccccc3)c2C)S(=O)(=O)c2ccccc2)cc1. The van der Waals surface area contributed by atoms with E-state index in [1.54, 1.807) is 48.7 Å². The maximum atomic E-state index is 13.5. The molecule has 0 aliphatic heterocycles. The normalized spacial score (nSPS) is 11.4. The highest BCUT2D eigenvalue weighted by atomic mass is 32.2. The van der Waals surface area contributed by atoms with Gasteiger partial charge in [0, 0.05) is 22.6 Å². The van der Waals surface area contributed by atoms with Crippen molar-refractivity contribution in [2.24, 2.45) is 5.10 Å². The number of benzene rings is 3. The average molecular weight is 531 g/mol. The molecule has 1 amide bonds. The number of hydrazone groups is 1. The van der Waals surface area contributed by atoms with E-state index in [1.165, 1.54) is 12.1 Å². The summed E-state index contributed by atoms with van der Waals surface area (Å²) in [6, 6.07) is 26.5. The first-order valence-corrected chi connectivity index (χ1v) is 13.6. The quantitative estimate of drug-likeness (QED) is 0.235. The van der Waals surface area contributed by atoms with Crippen LogP contribution in [0.3, 0.4) is 0 Å². The summed E-state index contributed by atoms with van der Waals surface area (Å²) in [5, 5.41) is 4.11. The number of para-hydroxylation sites is 1. The molecule has 0 bridgehead atoms. The van der Waals surface area contributed by atoms with E-state index in [0.29, 0.717) is 18.0 Å². The number of rotatable bonds is 10. The smallest absolute Gasteiger partial charge is 0.264 e. The molecule has 8 nitrogen and oxygen atoms in total. The Hall–Kier alpha value is -4.37. The van der Waals surface area contributed by atoms with Gasteiger partial charge in [0.15, 0.2) is 0 Å². The number of amides is 1. The number of hydrogen-bond acceptors (Lipinski definition) is 5. The molecule has 0 spiro atoms. The van der Waals surface area contributed by atoms with Crippen LogP contribution in [0.1, 0.15) is 23.9 Å². The maximum Gasteiger partial charge on any atom is 0.264 e. The number of carbonyl (C=O) groups excluding carboxylic acids is 1. The molecule has 4 aromatic rings. The average Bonchev–Trinajstić information content (AvgIpc) is 3.21. The first-order chi connectivity index (χ1) is 18.3. The third kappa shape index (κ3) is 5.95. The van der Waals surface area contributed by atoms with Crippen molar-refractivity contribution in [2.75, 3.05) is 17.5 Å². The zero-order valence-electron chi connectivity index (χ0n) is 21.5. The standard InChI is InChI=1S/C29H30N4O4S/c1-4-37-27-17-15-25(16-18-27)32(38(35,36)28-13-9-6-10-14-28)21-29(34)31-30-20-24-19-22(2)33(23(24)3)26-11-7-5-8-12-26/h5-20H,4,21H2,1-3H3,(H,31,34)/b30-20-. The number of aromatic nitrogens is 1. The van der Waals surface area contributed by atoms with Crippen LogP contribution in [0.2, 0.25) is 0 Å². The lowest BCUT2D eigenvalue weighted by Crippen LogP contribution is -2.39. The minimum atomic E-state index is -4.01. The second kappa shape index (κ2) is 11.8. The zero-order chi connectivity index (χ0) is 27.1. The van der Waals surface area contributed by atoms with Gasteiger partial charge in [0.2, 0.25) is 0 Å². The molecule has 9 heteroatoms. The lowest BCUT2D eigenvalue weighted by molar-refractivity contribution is -0.119. The van der Waals surface area contributed by atoms with Crippen LogP contribution in [0, 0.1) is 13.8 Å². The van der Waals surface area contributed by atoms with Gasteiger partial charge in [-0.3, -0.25) is 9.10 Å². The number of nitrogens with zero attached hydrogens (tertiary/aromatic N) is 3. The number of nitrogens with one attached hydrogen (secondary N) is 1. The molecule has 4 rings (SSSR count). The summed E-state index contributed by atoms with van der Waals surface area (Å²) in [5.41, 5.74) is 6.67. The van der Waals surface area contributed by atoms with E-state index in [2.05, 4.69) is 15.1 Å². The Balaban J connectivity index is 1.54. The van der Waals surface area contributed by atoms with Crippen molar-refractivity contribution in [2.45, 2.75) is 25.7 Å². The fraction of sp³-hybridized carbons (Fsp3) is 0.172. The molecule has 1 N–H and O–H groups in total. The lowest BCUT2D eigenvalue weighted by Gasteiger charge is -2.24. The van der Waals surface area contributed by atoms with E-state index < -0.39 is 22.5 Å². The first kappa shape index (κ1) is 26.7. The van der Waals surface area contributed by atoms with Gasteiger partial charge in [-0.15, -0.1) is 0 Å². The van der Waals surface area contributed by atoms with Crippen LogP contribution in [0.15, 0.2) is 101 Å². The second-order valence-electron chi connectivity index (χ2n) is 8.54. The number of hydrogen-bond donors (Lipinski definition) is 1. The van der Waals surface area contributed by atoms with Crippen LogP contribution in [0.5, 0.6) is 5.75 Å². The number of ether oxygens (including phenoxy) is 1. The van der Waals surface area contributed by atoms with E-state index in [1.807, 2.05) is 57.2 Å². The summed E-state index contributed by atoms with van der Waals surface area (Å²) in [6.07, 6.45) is 1.56. The van der Waals surface area contributed by atoms with Crippen molar-refractivity contribution in [1.29, 1.82) is 0 Å². The van der Waals surface area contributed by atoms with Gasteiger partial charge >= 0.3 is 0 Å². The Morgan fingerprint density at radius 3 is 2.24 bits per heavy atom. The molecule has 0 unspecified atom stereocenters. The van der Waals surface area contributed by atoms with Gasteiger partial charge in [0.1, 0.15) is 12.3 Å². The van der Waals surface area contributed by atoms with Crippen LogP contribution >= 0.6 is 0 Å². The zero-order valence-corrected chi connectivity index (χ0v) is 22.4. The van der Waals surface area contributed by atoms with Crippen molar-refractivity contribution in [1.82, 2.24) is 9.99 Å². The van der Waals surface area contributed by atoms with Crippen molar-refractivity contribution in [3.05, 3.63) is 108 Å². The van der Waals surface area contributed by atoms with Gasteiger partial charge in [0.25, 0.3) is 15.9 Å². The van der Waals surface area contributed by atoms with Crippen molar-refractivity contribution in [3.63, 3.8) is 0 Å². The Morgan fingerprint density at radius 1 is 0.974 bits per heavy atom. The van der Waals surface area contributed by atoms with Crippen LogP contribution in [-0.2, 0) is 14.8 Å². The highest BCUT2D eigenvalue weighted by Crippen LogP contribution is 2.26. The summed E-state index contributed by atoms with van der Waals surface area (Å²) < 4.78 is 35.6. The molecular weight excluding hydrogens is 500 g/mol. The molecule has 0 saturated carbocycles. The molecule has 0 aliphatic rings. The predicted octanol–water partition coefficient (Wildman–Crippen LogP) is 4.84. The van der Waals surface area contributed by atoms with Crippen LogP contribution < -0.4 is 14.5 Å². The van der Waals surface area contributed by atoms with Gasteiger partial charge in [-0.1, -0.05) is 36.4 Å². The summed E-state index contributed by atoms with van der Waals surface area (Å²) in [4.78, 5) is 13.0. The van der Waals surface area contributed by atoms with Crippen LogP contribution in [0.25, 0.3) is 5.69 Å². The summed E-state index contributed by atoms with van der Waals surface area (Å²) in [7, 11) is -4.01. The fourth-order valence-corrected chi connectivity index (χ4v) is 5.58. The molecular formula is C29H30N4O4S. The van der Waals surface area contributed by atoms with Crippen LogP contribution in [-0.4, -0.2) is 38.3 Å². The third-order valence-electron chi connectivity index (χ3n) is 5.93. The topological polar surface area (TPSA) is 93.0 Å². The van der Waals surface area contributed by atoms with E-state index in [9.17, 15) is 13.2 Å². The first-order valence-electron chi connectivity index (χ1n) is 12.2. The lowest BCUT2D eigenvalue weighted by atomic mass is 10.2. The molecule has 0 atom stereocenters. The molecule has 196 valence electrons. The predicted molar refractivity (Wildman–Crippen MR) is 150 cm³/mol. The van der Waals surface area contributed by atoms with Gasteiger partial charge in [-0.25, -0.2) is 13.8 Å². The van der Waals surface area contributed by atoms with Crippen LogP contribution in [0.4, 0.5) is 5.69 Å². The minimum absolute atomic E-state index is 0.0820. The second-order valence-corrected chi connectivity index (χ2v) is 10.4. The summed E-state index contributed by atoms with van der Waals surface area (Å²) in [5.74, 6) is 0.0296. The highest BCUT2D eigenvalue weighted by molar-refractivity contribution is 7.92. The summed E-state index contributed by atoms with van der Waals surface area (Å²) in [6.45, 7) is 5.87. The molecule has 1 heterocycles. The fourth-order valence-electron chi connectivity index (χ4n) is 4.14. The van der Waals surface area contributed by atoms with E-state index in [0.717, 1.165) is 26.9 Å². The molecule has 1 aromatic heterocycles. The van der Waals surface area contributed by atoms with Gasteiger partial charge in [-0.2, -0.15) is 5.10 Å². The van der Waals surface area contributed by atoms with Crippen molar-refractivity contribution < 1.29 is 17.9 Å². The molecule has 0 saturated heterocycles. The number of sulfonamides is 1. The van der Waals surface area contributed by atoms with E-state index in [4.69, 9.17) is 4.74 Å². The Labute approximate surface area is 223 Å².